The molecule has 1 aromatic carbocycles. The quantitative estimate of drug-likeness (QED) is 0.649. The number of carbonyl (C=O) groups excluding carboxylic acids is 1. The Kier molecular flexibility index (Phi) is 3.88. The van der Waals surface area contributed by atoms with Crippen LogP contribution in [-0.4, -0.2) is 23.5 Å². The van der Waals surface area contributed by atoms with Gasteiger partial charge in [0.25, 0.3) is 0 Å². The lowest BCUT2D eigenvalue weighted by atomic mass is 9.99. The molecule has 0 saturated heterocycles. The van der Waals surface area contributed by atoms with E-state index >= 15 is 0 Å². The number of carbonyl (C=O) groups is 2. The van der Waals surface area contributed by atoms with Crippen molar-refractivity contribution >= 4 is 17.6 Å². The maximum Gasteiger partial charge on any atom is 0.312 e. The molecule has 0 aromatic heterocycles. The maximum absolute atomic E-state index is 11.0. The van der Waals surface area contributed by atoms with Crippen molar-refractivity contribution < 1.29 is 14.7 Å². The lowest BCUT2D eigenvalue weighted by molar-refractivity contribution is -0.138. The first-order valence-corrected chi connectivity index (χ1v) is 4.83. The molecular weight excluding hydrogens is 208 g/mol. The van der Waals surface area contributed by atoms with Crippen LogP contribution in [0.5, 0.6) is 0 Å². The van der Waals surface area contributed by atoms with E-state index in [1.807, 2.05) is 0 Å². The van der Waals surface area contributed by atoms with E-state index in [4.69, 9.17) is 10.8 Å². The van der Waals surface area contributed by atoms with Gasteiger partial charge in [0.1, 0.15) is 0 Å². The van der Waals surface area contributed by atoms with Crippen molar-refractivity contribution in [3.63, 3.8) is 0 Å². The molecule has 0 aliphatic rings. The number of rotatable bonds is 4. The zero-order valence-corrected chi connectivity index (χ0v) is 8.93. The molecule has 4 N–H and O–H groups in total. The highest BCUT2D eigenvalue weighted by Crippen LogP contribution is 2.16. The van der Waals surface area contributed by atoms with Crippen molar-refractivity contribution in [3.8, 4) is 0 Å². The van der Waals surface area contributed by atoms with Gasteiger partial charge in [-0.15, -0.1) is 0 Å². The van der Waals surface area contributed by atoms with E-state index in [-0.39, 0.29) is 12.5 Å². The van der Waals surface area contributed by atoms with E-state index in [0.717, 1.165) is 0 Å². The van der Waals surface area contributed by atoms with Crippen LogP contribution in [0.1, 0.15) is 18.4 Å². The molecule has 0 bridgehead atoms. The van der Waals surface area contributed by atoms with Crippen LogP contribution in [0.4, 0.5) is 5.69 Å². The number of aliphatic carboxylic acids is 1. The van der Waals surface area contributed by atoms with Crippen LogP contribution >= 0.6 is 0 Å². The van der Waals surface area contributed by atoms with Crippen LogP contribution in [0.15, 0.2) is 24.3 Å². The smallest absolute Gasteiger partial charge is 0.312 e. The van der Waals surface area contributed by atoms with Gasteiger partial charge in [-0.1, -0.05) is 12.1 Å². The van der Waals surface area contributed by atoms with Gasteiger partial charge in [-0.25, -0.2) is 0 Å². The van der Waals surface area contributed by atoms with Crippen LogP contribution in [0.2, 0.25) is 0 Å². The summed E-state index contributed by atoms with van der Waals surface area (Å²) in [5, 5.41) is 11.5. The van der Waals surface area contributed by atoms with Gasteiger partial charge < -0.3 is 16.2 Å². The summed E-state index contributed by atoms with van der Waals surface area (Å²) >= 11 is 0. The Balaban J connectivity index is 2.81. The molecule has 5 nitrogen and oxygen atoms in total. The molecule has 0 heterocycles. The zero-order valence-electron chi connectivity index (χ0n) is 8.93. The molecule has 0 fully saturated rings. The van der Waals surface area contributed by atoms with Gasteiger partial charge >= 0.3 is 5.97 Å². The zero-order chi connectivity index (χ0) is 12.1. The summed E-state index contributed by atoms with van der Waals surface area (Å²) in [5.41, 5.74) is 6.71. The van der Waals surface area contributed by atoms with Crippen molar-refractivity contribution in [2.75, 3.05) is 12.3 Å². The van der Waals surface area contributed by atoms with Gasteiger partial charge in [0.05, 0.1) is 5.92 Å². The maximum atomic E-state index is 11.0. The fourth-order valence-electron chi connectivity index (χ4n) is 1.32. The molecule has 0 spiro atoms. The largest absolute Gasteiger partial charge is 0.481 e. The molecule has 0 saturated carbocycles. The van der Waals surface area contributed by atoms with Crippen LogP contribution in [0.25, 0.3) is 0 Å². The number of carboxylic acid groups (broad SMARTS) is 1. The number of nitrogens with two attached hydrogens (primary N) is 1. The first-order chi connectivity index (χ1) is 7.50. The SMILES string of the molecule is CC(=O)NCC(C(=O)O)c1ccc(N)cc1. The Bertz CT molecular complexity index is 387. The third kappa shape index (κ3) is 3.27. The average molecular weight is 222 g/mol. The predicted molar refractivity (Wildman–Crippen MR) is 59.9 cm³/mol. The fraction of sp³-hybridized carbons (Fsp3) is 0.273. The summed E-state index contributed by atoms with van der Waals surface area (Å²) in [5.74, 6) is -1.97. The van der Waals surface area contributed by atoms with Gasteiger partial charge in [0.2, 0.25) is 5.91 Å². The minimum atomic E-state index is -0.974. The molecule has 1 rings (SSSR count). The Labute approximate surface area is 93.3 Å². The van der Waals surface area contributed by atoms with Gasteiger partial charge in [-0.3, -0.25) is 9.59 Å². The third-order valence-corrected chi connectivity index (χ3v) is 2.19. The molecule has 1 aromatic rings. The summed E-state index contributed by atoms with van der Waals surface area (Å²) in [6, 6.07) is 6.57. The number of benzene rings is 1. The molecule has 0 radical (unpaired) electrons. The third-order valence-electron chi connectivity index (χ3n) is 2.19. The lowest BCUT2D eigenvalue weighted by Gasteiger charge is -2.13. The van der Waals surface area contributed by atoms with E-state index in [9.17, 15) is 9.59 Å². The highest BCUT2D eigenvalue weighted by Gasteiger charge is 2.19. The van der Waals surface area contributed by atoms with Crippen LogP contribution in [-0.2, 0) is 9.59 Å². The van der Waals surface area contributed by atoms with E-state index in [1.54, 1.807) is 24.3 Å². The first-order valence-electron chi connectivity index (χ1n) is 4.83. The number of hydrogen-bond acceptors (Lipinski definition) is 3. The number of nitrogens with one attached hydrogen (secondary N) is 1. The van der Waals surface area contributed by atoms with Crippen molar-refractivity contribution in [1.82, 2.24) is 5.32 Å². The van der Waals surface area contributed by atoms with Crippen molar-refractivity contribution in [3.05, 3.63) is 29.8 Å². The van der Waals surface area contributed by atoms with Gasteiger partial charge in [-0.05, 0) is 17.7 Å². The number of nitrogen functional groups attached to an aromatic ring is 1. The Morgan fingerprint density at radius 1 is 1.38 bits per heavy atom. The number of amides is 1. The van der Waals surface area contributed by atoms with E-state index in [0.29, 0.717) is 11.3 Å². The van der Waals surface area contributed by atoms with E-state index in [1.165, 1.54) is 6.92 Å². The van der Waals surface area contributed by atoms with Crippen molar-refractivity contribution in [2.45, 2.75) is 12.8 Å². The number of anilines is 1. The van der Waals surface area contributed by atoms with Gasteiger partial charge in [0, 0.05) is 19.2 Å². The predicted octanol–water partition coefficient (Wildman–Crippen LogP) is 0.573. The highest BCUT2D eigenvalue weighted by atomic mass is 16.4. The molecule has 5 heteroatoms. The Morgan fingerprint density at radius 3 is 2.38 bits per heavy atom. The molecular formula is C11H14N2O3. The normalized spacial score (nSPS) is 11.8. The Hall–Kier alpha value is -2.04. The summed E-state index contributed by atoms with van der Waals surface area (Å²) < 4.78 is 0. The minimum absolute atomic E-state index is 0.0780. The summed E-state index contributed by atoms with van der Waals surface area (Å²) in [6.45, 7) is 1.43. The summed E-state index contributed by atoms with van der Waals surface area (Å²) in [6.07, 6.45) is 0. The molecule has 1 unspecified atom stereocenters. The summed E-state index contributed by atoms with van der Waals surface area (Å²) in [4.78, 5) is 21.7. The van der Waals surface area contributed by atoms with Crippen molar-refractivity contribution in [2.24, 2.45) is 0 Å². The van der Waals surface area contributed by atoms with E-state index < -0.39 is 11.9 Å². The Morgan fingerprint density at radius 2 is 1.94 bits per heavy atom. The van der Waals surface area contributed by atoms with Crippen LogP contribution < -0.4 is 11.1 Å². The standard InChI is InChI=1S/C11H14N2O3/c1-7(14)13-6-10(11(15)16)8-2-4-9(12)5-3-8/h2-5,10H,6,12H2,1H3,(H,13,14)(H,15,16). The van der Waals surface area contributed by atoms with E-state index in [2.05, 4.69) is 5.32 Å². The minimum Gasteiger partial charge on any atom is -0.481 e. The van der Waals surface area contributed by atoms with Crippen LogP contribution in [0, 0.1) is 0 Å². The second-order valence-electron chi connectivity index (χ2n) is 3.49. The molecule has 16 heavy (non-hydrogen) atoms. The second kappa shape index (κ2) is 5.16. The molecule has 0 aliphatic heterocycles. The monoisotopic (exact) mass is 222 g/mol. The summed E-state index contributed by atoms with van der Waals surface area (Å²) in [7, 11) is 0. The highest BCUT2D eigenvalue weighted by molar-refractivity contribution is 5.78. The lowest BCUT2D eigenvalue weighted by Crippen LogP contribution is -2.29. The molecule has 0 aliphatic carbocycles. The second-order valence-corrected chi connectivity index (χ2v) is 3.49. The molecule has 1 amide bonds. The average Bonchev–Trinajstić information content (AvgIpc) is 2.20. The van der Waals surface area contributed by atoms with Crippen LogP contribution in [0.3, 0.4) is 0 Å². The van der Waals surface area contributed by atoms with Gasteiger partial charge in [0.15, 0.2) is 0 Å². The van der Waals surface area contributed by atoms with Gasteiger partial charge in [-0.2, -0.15) is 0 Å². The van der Waals surface area contributed by atoms with Crippen molar-refractivity contribution in [1.29, 1.82) is 0 Å². The number of carboxylic acids is 1. The molecule has 86 valence electrons. The first kappa shape index (κ1) is 12.0. The topological polar surface area (TPSA) is 92.4 Å². The number of hydrogen-bond donors (Lipinski definition) is 3. The fourth-order valence-corrected chi connectivity index (χ4v) is 1.32. The molecule has 1 atom stereocenters.